The fraction of sp³-hybridized carbons (Fsp3) is 1.00. The van der Waals surface area contributed by atoms with E-state index in [-0.39, 0.29) is 12.2 Å². The summed E-state index contributed by atoms with van der Waals surface area (Å²) in [7, 11) is 0. The first kappa shape index (κ1) is 12.9. The van der Waals surface area contributed by atoms with Gasteiger partial charge in [-0.1, -0.05) is 6.92 Å². The predicted molar refractivity (Wildman–Crippen MR) is 54.6 cm³/mol. The molecule has 0 saturated carbocycles. The third kappa shape index (κ3) is 6.02. The maximum atomic E-state index is 8.90. The molecule has 0 aliphatic rings. The van der Waals surface area contributed by atoms with Crippen LogP contribution in [0, 0.1) is 0 Å². The van der Waals surface area contributed by atoms with E-state index < -0.39 is 5.54 Å². The molecular formula is C10H23NO2. The molecule has 1 unspecified atom stereocenters. The van der Waals surface area contributed by atoms with Gasteiger partial charge in [-0.25, -0.2) is 0 Å². The Morgan fingerprint density at radius 2 is 1.85 bits per heavy atom. The summed E-state index contributed by atoms with van der Waals surface area (Å²) in [6.45, 7) is 8.64. The number of rotatable bonds is 6. The summed E-state index contributed by atoms with van der Waals surface area (Å²) in [6, 6.07) is 0. The van der Waals surface area contributed by atoms with Gasteiger partial charge in [0.25, 0.3) is 0 Å². The van der Waals surface area contributed by atoms with E-state index in [4.69, 9.17) is 15.6 Å². The Balaban J connectivity index is 3.68. The molecule has 0 fully saturated rings. The van der Waals surface area contributed by atoms with Crippen molar-refractivity contribution in [1.29, 1.82) is 0 Å². The molecule has 0 aromatic rings. The van der Waals surface area contributed by atoms with Crippen molar-refractivity contribution >= 4 is 0 Å². The Bertz CT molecular complexity index is 128. The van der Waals surface area contributed by atoms with E-state index in [2.05, 4.69) is 20.8 Å². The SMILES string of the molecule is CCC(C)(C)OCCC(C)(N)CO. The lowest BCUT2D eigenvalue weighted by atomic mass is 10.0. The number of hydrogen-bond donors (Lipinski definition) is 2. The molecule has 13 heavy (non-hydrogen) atoms. The largest absolute Gasteiger partial charge is 0.394 e. The van der Waals surface area contributed by atoms with E-state index in [0.717, 1.165) is 6.42 Å². The normalized spacial score (nSPS) is 17.1. The minimum Gasteiger partial charge on any atom is -0.394 e. The second kappa shape index (κ2) is 4.94. The number of nitrogens with two attached hydrogens (primary N) is 1. The summed E-state index contributed by atoms with van der Waals surface area (Å²) in [5.41, 5.74) is 5.17. The lowest BCUT2D eigenvalue weighted by Crippen LogP contribution is -2.42. The van der Waals surface area contributed by atoms with Gasteiger partial charge >= 0.3 is 0 Å². The van der Waals surface area contributed by atoms with Gasteiger partial charge in [0.05, 0.1) is 12.2 Å². The van der Waals surface area contributed by atoms with Crippen LogP contribution in [0.1, 0.15) is 40.5 Å². The summed E-state index contributed by atoms with van der Waals surface area (Å²) in [5, 5.41) is 8.90. The van der Waals surface area contributed by atoms with E-state index in [1.807, 2.05) is 6.92 Å². The minimum atomic E-state index is -0.510. The number of ether oxygens (including phenoxy) is 1. The van der Waals surface area contributed by atoms with E-state index in [9.17, 15) is 0 Å². The molecule has 0 amide bonds. The highest BCUT2D eigenvalue weighted by molar-refractivity contribution is 4.77. The number of aliphatic hydroxyl groups is 1. The molecule has 0 aromatic carbocycles. The van der Waals surface area contributed by atoms with Gasteiger partial charge < -0.3 is 15.6 Å². The van der Waals surface area contributed by atoms with Gasteiger partial charge in [-0.05, 0) is 33.6 Å². The predicted octanol–water partition coefficient (Wildman–Crippen LogP) is 1.29. The van der Waals surface area contributed by atoms with Crippen molar-refractivity contribution < 1.29 is 9.84 Å². The van der Waals surface area contributed by atoms with Crippen molar-refractivity contribution in [3.63, 3.8) is 0 Å². The summed E-state index contributed by atoms with van der Waals surface area (Å²) in [5.74, 6) is 0. The minimum absolute atomic E-state index is 0.00289. The van der Waals surface area contributed by atoms with Crippen LogP contribution in [0.25, 0.3) is 0 Å². The maximum absolute atomic E-state index is 8.90. The molecule has 0 aliphatic carbocycles. The van der Waals surface area contributed by atoms with Gasteiger partial charge in [-0.15, -0.1) is 0 Å². The van der Waals surface area contributed by atoms with Gasteiger partial charge in [0.2, 0.25) is 0 Å². The molecule has 3 N–H and O–H groups in total. The van der Waals surface area contributed by atoms with Crippen LogP contribution in [0.15, 0.2) is 0 Å². The molecule has 0 rings (SSSR count). The maximum Gasteiger partial charge on any atom is 0.0623 e. The second-order valence-electron chi connectivity index (χ2n) is 4.52. The first-order chi connectivity index (χ1) is 5.83. The molecule has 0 bridgehead atoms. The van der Waals surface area contributed by atoms with Gasteiger partial charge in [0.1, 0.15) is 0 Å². The standard InChI is InChI=1S/C10H23NO2/c1-5-9(2,3)13-7-6-10(4,11)8-12/h12H,5-8,11H2,1-4H3. The van der Waals surface area contributed by atoms with Gasteiger partial charge in [0, 0.05) is 12.1 Å². The zero-order valence-corrected chi connectivity index (χ0v) is 9.26. The van der Waals surface area contributed by atoms with Crippen LogP contribution in [0.4, 0.5) is 0 Å². The topological polar surface area (TPSA) is 55.5 Å². The number of aliphatic hydroxyl groups excluding tert-OH is 1. The van der Waals surface area contributed by atoms with Crippen molar-refractivity contribution in [2.75, 3.05) is 13.2 Å². The zero-order valence-electron chi connectivity index (χ0n) is 9.26. The van der Waals surface area contributed by atoms with Crippen LogP contribution in [-0.4, -0.2) is 29.5 Å². The molecular weight excluding hydrogens is 166 g/mol. The van der Waals surface area contributed by atoms with E-state index in [0.29, 0.717) is 13.0 Å². The van der Waals surface area contributed by atoms with Crippen molar-refractivity contribution in [2.45, 2.75) is 51.7 Å². The Hall–Kier alpha value is -0.120. The highest BCUT2D eigenvalue weighted by atomic mass is 16.5. The fourth-order valence-electron chi connectivity index (χ4n) is 0.742. The van der Waals surface area contributed by atoms with Gasteiger partial charge in [0.15, 0.2) is 0 Å². The summed E-state index contributed by atoms with van der Waals surface area (Å²) < 4.78 is 5.63. The third-order valence-electron chi connectivity index (χ3n) is 2.38. The molecule has 80 valence electrons. The Morgan fingerprint density at radius 3 is 2.23 bits per heavy atom. The second-order valence-corrected chi connectivity index (χ2v) is 4.52. The van der Waals surface area contributed by atoms with Crippen molar-refractivity contribution in [1.82, 2.24) is 0 Å². The van der Waals surface area contributed by atoms with Crippen LogP contribution in [0.3, 0.4) is 0 Å². The summed E-state index contributed by atoms with van der Waals surface area (Å²) in [6.07, 6.45) is 1.67. The molecule has 0 saturated heterocycles. The van der Waals surface area contributed by atoms with E-state index in [1.54, 1.807) is 0 Å². The smallest absolute Gasteiger partial charge is 0.0623 e. The fourth-order valence-corrected chi connectivity index (χ4v) is 0.742. The number of hydrogen-bond acceptors (Lipinski definition) is 3. The van der Waals surface area contributed by atoms with Crippen molar-refractivity contribution in [2.24, 2.45) is 5.73 Å². The highest BCUT2D eigenvalue weighted by Gasteiger charge is 2.20. The summed E-state index contributed by atoms with van der Waals surface area (Å²) in [4.78, 5) is 0. The van der Waals surface area contributed by atoms with Crippen LogP contribution in [0.2, 0.25) is 0 Å². The molecule has 0 spiro atoms. The van der Waals surface area contributed by atoms with Crippen LogP contribution in [-0.2, 0) is 4.74 Å². The zero-order chi connectivity index (χ0) is 10.5. The lowest BCUT2D eigenvalue weighted by molar-refractivity contribution is -0.0292. The third-order valence-corrected chi connectivity index (χ3v) is 2.38. The monoisotopic (exact) mass is 189 g/mol. The molecule has 3 nitrogen and oxygen atoms in total. The first-order valence-corrected chi connectivity index (χ1v) is 4.87. The molecule has 0 aromatic heterocycles. The van der Waals surface area contributed by atoms with Gasteiger partial charge in [-0.3, -0.25) is 0 Å². The van der Waals surface area contributed by atoms with Gasteiger partial charge in [-0.2, -0.15) is 0 Å². The van der Waals surface area contributed by atoms with Crippen molar-refractivity contribution in [3.05, 3.63) is 0 Å². The molecule has 1 atom stereocenters. The average molecular weight is 189 g/mol. The first-order valence-electron chi connectivity index (χ1n) is 4.87. The summed E-state index contributed by atoms with van der Waals surface area (Å²) >= 11 is 0. The Labute approximate surface area is 81.3 Å². The van der Waals surface area contributed by atoms with Crippen LogP contribution in [0.5, 0.6) is 0 Å². The van der Waals surface area contributed by atoms with Crippen LogP contribution >= 0.6 is 0 Å². The molecule has 0 aliphatic heterocycles. The Morgan fingerprint density at radius 1 is 1.31 bits per heavy atom. The van der Waals surface area contributed by atoms with Crippen molar-refractivity contribution in [3.8, 4) is 0 Å². The lowest BCUT2D eigenvalue weighted by Gasteiger charge is -2.27. The highest BCUT2D eigenvalue weighted by Crippen LogP contribution is 2.15. The van der Waals surface area contributed by atoms with E-state index >= 15 is 0 Å². The quantitative estimate of drug-likeness (QED) is 0.662. The molecule has 0 heterocycles. The Kier molecular flexibility index (Phi) is 4.89. The van der Waals surface area contributed by atoms with E-state index in [1.165, 1.54) is 0 Å². The molecule has 0 radical (unpaired) electrons. The molecule has 3 heteroatoms. The average Bonchev–Trinajstić information content (AvgIpc) is 2.04. The van der Waals surface area contributed by atoms with Crippen LogP contribution < -0.4 is 5.73 Å².